The molecule has 3 nitrogen and oxygen atoms in total. The molecular formula is C16H23NO2. The Morgan fingerprint density at radius 3 is 2.37 bits per heavy atom. The molecule has 3 heteroatoms. The minimum absolute atomic E-state index is 0.130. The number of ether oxygens (including phenoxy) is 1. The SMILES string of the molecule is CCOC(=O)C(c1ccccc1)N1CC(C)C(C)C1. The van der Waals surface area contributed by atoms with Gasteiger partial charge in [-0.1, -0.05) is 44.2 Å². The van der Waals surface area contributed by atoms with Gasteiger partial charge in [0.25, 0.3) is 0 Å². The van der Waals surface area contributed by atoms with E-state index in [9.17, 15) is 4.79 Å². The van der Waals surface area contributed by atoms with E-state index in [1.807, 2.05) is 37.3 Å². The molecule has 1 saturated heterocycles. The van der Waals surface area contributed by atoms with Gasteiger partial charge in [-0.05, 0) is 24.3 Å². The van der Waals surface area contributed by atoms with E-state index in [0.717, 1.165) is 18.7 Å². The van der Waals surface area contributed by atoms with Crippen LogP contribution in [0.15, 0.2) is 30.3 Å². The van der Waals surface area contributed by atoms with E-state index in [2.05, 4.69) is 18.7 Å². The van der Waals surface area contributed by atoms with Crippen molar-refractivity contribution in [1.29, 1.82) is 0 Å². The number of carbonyl (C=O) groups is 1. The smallest absolute Gasteiger partial charge is 0.327 e. The fraction of sp³-hybridized carbons (Fsp3) is 0.562. The number of hydrogen-bond donors (Lipinski definition) is 0. The predicted molar refractivity (Wildman–Crippen MR) is 75.7 cm³/mol. The lowest BCUT2D eigenvalue weighted by Crippen LogP contribution is -2.34. The summed E-state index contributed by atoms with van der Waals surface area (Å²) in [6, 6.07) is 9.69. The first kappa shape index (κ1) is 14.1. The summed E-state index contributed by atoms with van der Waals surface area (Å²) in [5.74, 6) is 1.12. The summed E-state index contributed by atoms with van der Waals surface area (Å²) in [4.78, 5) is 14.5. The zero-order valence-corrected chi connectivity index (χ0v) is 12.0. The molecule has 19 heavy (non-hydrogen) atoms. The van der Waals surface area contributed by atoms with Crippen LogP contribution in [0.2, 0.25) is 0 Å². The molecule has 0 bridgehead atoms. The van der Waals surface area contributed by atoms with Crippen molar-refractivity contribution >= 4 is 5.97 Å². The first-order valence-corrected chi connectivity index (χ1v) is 7.09. The van der Waals surface area contributed by atoms with Crippen LogP contribution in [-0.2, 0) is 9.53 Å². The van der Waals surface area contributed by atoms with Crippen LogP contribution in [0, 0.1) is 11.8 Å². The van der Waals surface area contributed by atoms with Gasteiger partial charge in [0.2, 0.25) is 0 Å². The van der Waals surface area contributed by atoms with Gasteiger partial charge in [-0.2, -0.15) is 0 Å². The van der Waals surface area contributed by atoms with Gasteiger partial charge in [0.15, 0.2) is 0 Å². The molecule has 104 valence electrons. The lowest BCUT2D eigenvalue weighted by Gasteiger charge is -2.26. The van der Waals surface area contributed by atoms with Gasteiger partial charge in [0, 0.05) is 13.1 Å². The molecule has 0 amide bonds. The molecule has 3 unspecified atom stereocenters. The van der Waals surface area contributed by atoms with Crippen LogP contribution in [0.1, 0.15) is 32.4 Å². The second kappa shape index (κ2) is 6.20. The van der Waals surface area contributed by atoms with Crippen LogP contribution in [0.5, 0.6) is 0 Å². The number of rotatable bonds is 4. The quantitative estimate of drug-likeness (QED) is 0.781. The molecule has 0 saturated carbocycles. The minimum atomic E-state index is -0.256. The normalized spacial score (nSPS) is 25.2. The number of esters is 1. The van der Waals surface area contributed by atoms with Gasteiger partial charge in [0.05, 0.1) is 6.61 Å². The van der Waals surface area contributed by atoms with Gasteiger partial charge < -0.3 is 4.74 Å². The van der Waals surface area contributed by atoms with E-state index < -0.39 is 0 Å². The Balaban J connectivity index is 2.23. The average molecular weight is 261 g/mol. The van der Waals surface area contributed by atoms with E-state index in [0.29, 0.717) is 18.4 Å². The first-order valence-electron chi connectivity index (χ1n) is 7.09. The Morgan fingerprint density at radius 2 is 1.84 bits per heavy atom. The van der Waals surface area contributed by atoms with Crippen molar-refractivity contribution in [2.75, 3.05) is 19.7 Å². The molecule has 1 aromatic carbocycles. The molecular weight excluding hydrogens is 238 g/mol. The summed E-state index contributed by atoms with van der Waals surface area (Å²) >= 11 is 0. The Bertz CT molecular complexity index is 408. The Labute approximate surface area is 115 Å². The molecule has 2 rings (SSSR count). The molecule has 0 aromatic heterocycles. The van der Waals surface area contributed by atoms with Crippen LogP contribution in [0.3, 0.4) is 0 Å². The molecule has 1 aliphatic heterocycles. The molecule has 1 aromatic rings. The predicted octanol–water partition coefficient (Wildman–Crippen LogP) is 2.88. The third-order valence-corrected chi connectivity index (χ3v) is 4.01. The van der Waals surface area contributed by atoms with Crippen LogP contribution in [0.25, 0.3) is 0 Å². The highest BCUT2D eigenvalue weighted by Crippen LogP contribution is 2.31. The monoisotopic (exact) mass is 261 g/mol. The van der Waals surface area contributed by atoms with Gasteiger partial charge >= 0.3 is 5.97 Å². The van der Waals surface area contributed by atoms with E-state index in [1.54, 1.807) is 0 Å². The Kier molecular flexibility index (Phi) is 4.59. The lowest BCUT2D eigenvalue weighted by atomic mass is 10.0. The Hall–Kier alpha value is -1.35. The standard InChI is InChI=1S/C16H23NO2/c1-4-19-16(18)15(14-8-6-5-7-9-14)17-10-12(2)13(3)11-17/h5-9,12-13,15H,4,10-11H2,1-3H3. The van der Waals surface area contributed by atoms with E-state index in [1.165, 1.54) is 0 Å². The van der Waals surface area contributed by atoms with E-state index in [4.69, 9.17) is 4.74 Å². The highest BCUT2D eigenvalue weighted by molar-refractivity contribution is 5.77. The number of carbonyl (C=O) groups excluding carboxylic acids is 1. The lowest BCUT2D eigenvalue weighted by molar-refractivity contribution is -0.149. The van der Waals surface area contributed by atoms with Crippen molar-refractivity contribution in [2.45, 2.75) is 26.8 Å². The number of benzene rings is 1. The van der Waals surface area contributed by atoms with Gasteiger partial charge in [0.1, 0.15) is 6.04 Å². The second-order valence-corrected chi connectivity index (χ2v) is 5.47. The third kappa shape index (κ3) is 3.16. The molecule has 1 fully saturated rings. The summed E-state index contributed by atoms with van der Waals surface area (Å²) in [5.41, 5.74) is 1.03. The largest absolute Gasteiger partial charge is 0.465 e. The zero-order chi connectivity index (χ0) is 13.8. The topological polar surface area (TPSA) is 29.5 Å². The van der Waals surface area contributed by atoms with Gasteiger partial charge in [-0.15, -0.1) is 0 Å². The highest BCUT2D eigenvalue weighted by atomic mass is 16.5. The summed E-state index contributed by atoms with van der Waals surface area (Å²) in [6.45, 7) is 8.70. The summed E-state index contributed by atoms with van der Waals surface area (Å²) < 4.78 is 5.26. The molecule has 0 spiro atoms. The molecule has 0 N–H and O–H groups in total. The third-order valence-electron chi connectivity index (χ3n) is 4.01. The maximum atomic E-state index is 12.3. The van der Waals surface area contributed by atoms with Gasteiger partial charge in [-0.3, -0.25) is 4.90 Å². The zero-order valence-electron chi connectivity index (χ0n) is 12.0. The van der Waals surface area contributed by atoms with Crippen molar-refractivity contribution in [3.8, 4) is 0 Å². The fourth-order valence-electron chi connectivity index (χ4n) is 2.74. The number of hydrogen-bond acceptors (Lipinski definition) is 3. The maximum absolute atomic E-state index is 12.3. The van der Waals surface area contributed by atoms with Crippen molar-refractivity contribution in [2.24, 2.45) is 11.8 Å². The molecule has 3 atom stereocenters. The van der Waals surface area contributed by atoms with Crippen LogP contribution in [0.4, 0.5) is 0 Å². The Morgan fingerprint density at radius 1 is 1.26 bits per heavy atom. The van der Waals surface area contributed by atoms with Crippen molar-refractivity contribution in [1.82, 2.24) is 4.90 Å². The summed E-state index contributed by atoms with van der Waals surface area (Å²) in [5, 5.41) is 0. The van der Waals surface area contributed by atoms with Crippen LogP contribution < -0.4 is 0 Å². The van der Waals surface area contributed by atoms with Gasteiger partial charge in [-0.25, -0.2) is 4.79 Å². The maximum Gasteiger partial charge on any atom is 0.327 e. The average Bonchev–Trinajstić information content (AvgIpc) is 2.71. The molecule has 1 heterocycles. The fourth-order valence-corrected chi connectivity index (χ4v) is 2.74. The minimum Gasteiger partial charge on any atom is -0.465 e. The van der Waals surface area contributed by atoms with Crippen LogP contribution >= 0.6 is 0 Å². The van der Waals surface area contributed by atoms with Crippen molar-refractivity contribution in [3.05, 3.63) is 35.9 Å². The molecule has 1 aliphatic rings. The van der Waals surface area contributed by atoms with Crippen molar-refractivity contribution in [3.63, 3.8) is 0 Å². The van der Waals surface area contributed by atoms with Crippen LogP contribution in [-0.4, -0.2) is 30.6 Å². The first-order chi connectivity index (χ1) is 9.13. The number of nitrogens with zero attached hydrogens (tertiary/aromatic N) is 1. The summed E-state index contributed by atoms with van der Waals surface area (Å²) in [6.07, 6.45) is 0. The molecule has 0 radical (unpaired) electrons. The van der Waals surface area contributed by atoms with E-state index in [-0.39, 0.29) is 12.0 Å². The number of likely N-dealkylation sites (tertiary alicyclic amines) is 1. The second-order valence-electron chi connectivity index (χ2n) is 5.47. The highest BCUT2D eigenvalue weighted by Gasteiger charge is 2.36. The summed E-state index contributed by atoms with van der Waals surface area (Å²) in [7, 11) is 0. The molecule has 0 aliphatic carbocycles. The van der Waals surface area contributed by atoms with Crippen molar-refractivity contribution < 1.29 is 9.53 Å². The van der Waals surface area contributed by atoms with E-state index >= 15 is 0 Å².